The summed E-state index contributed by atoms with van der Waals surface area (Å²) in [5.41, 5.74) is 13.9. The van der Waals surface area contributed by atoms with Crippen LogP contribution in [0.5, 0.6) is 0 Å². The molecule has 0 heterocycles. The fraction of sp³-hybridized carbons (Fsp3) is 0.444. The Morgan fingerprint density at radius 1 is 1.03 bits per heavy atom. The average molecular weight is 480 g/mol. The van der Waals surface area contributed by atoms with Crippen LogP contribution in [-0.2, 0) is 14.3 Å². The maximum Gasteiger partial charge on any atom is 0.407 e. The molecule has 1 saturated carbocycles. The number of alkyl carbamates (subject to hydrolysis) is 1. The highest BCUT2D eigenvalue weighted by atomic mass is 16.5. The molecular weight excluding hydrogens is 446 g/mol. The maximum absolute atomic E-state index is 13.4. The van der Waals surface area contributed by atoms with E-state index in [0.717, 1.165) is 35.1 Å². The highest BCUT2D eigenvalue weighted by Crippen LogP contribution is 2.44. The number of carboxylic acid groups (broad SMARTS) is 1. The van der Waals surface area contributed by atoms with Crippen LogP contribution >= 0.6 is 0 Å². The molecule has 8 nitrogen and oxygen atoms in total. The normalized spacial score (nSPS) is 17.8. The lowest BCUT2D eigenvalue weighted by Gasteiger charge is -2.31. The number of nitrogens with one attached hydrogen (secondary N) is 1. The molecule has 0 unspecified atom stereocenters. The third-order valence-electron chi connectivity index (χ3n) is 7.37. The number of fused-ring (bicyclic) bond motifs is 3. The van der Waals surface area contributed by atoms with Gasteiger partial charge in [0.05, 0.1) is 6.04 Å². The molecule has 2 aromatic rings. The van der Waals surface area contributed by atoms with Crippen molar-refractivity contribution in [1.29, 1.82) is 0 Å². The number of Topliss-reactive ketones (excluding diaryl/α,β-unsaturated/α-hetero) is 1. The Bertz CT molecular complexity index is 1050. The van der Waals surface area contributed by atoms with Crippen LogP contribution in [-0.4, -0.2) is 47.7 Å². The van der Waals surface area contributed by atoms with Crippen LogP contribution in [0.25, 0.3) is 11.1 Å². The van der Waals surface area contributed by atoms with Gasteiger partial charge in [0, 0.05) is 5.92 Å². The molecule has 1 fully saturated rings. The Morgan fingerprint density at radius 2 is 1.60 bits per heavy atom. The molecule has 2 aliphatic carbocycles. The third kappa shape index (κ3) is 4.94. The molecule has 1 amide bonds. The number of benzene rings is 2. The summed E-state index contributed by atoms with van der Waals surface area (Å²) in [6.07, 6.45) is 2.70. The number of nitrogens with two attached hydrogens (primary N) is 2. The van der Waals surface area contributed by atoms with E-state index in [4.69, 9.17) is 16.2 Å². The molecule has 186 valence electrons. The van der Waals surface area contributed by atoms with Gasteiger partial charge in [-0.25, -0.2) is 9.59 Å². The van der Waals surface area contributed by atoms with Crippen LogP contribution in [0.1, 0.15) is 55.6 Å². The zero-order valence-electron chi connectivity index (χ0n) is 19.7. The summed E-state index contributed by atoms with van der Waals surface area (Å²) in [5, 5.41) is 12.4. The van der Waals surface area contributed by atoms with Gasteiger partial charge in [0.15, 0.2) is 11.3 Å². The maximum atomic E-state index is 13.4. The second-order valence-corrected chi connectivity index (χ2v) is 9.53. The minimum Gasteiger partial charge on any atom is -0.480 e. The van der Waals surface area contributed by atoms with Crippen molar-refractivity contribution < 1.29 is 24.2 Å². The number of hydrogen-bond donors (Lipinski definition) is 4. The highest BCUT2D eigenvalue weighted by Gasteiger charge is 2.48. The minimum absolute atomic E-state index is 0.0900. The average Bonchev–Trinajstić information content (AvgIpc) is 3.51. The number of hydrogen-bond acceptors (Lipinski definition) is 6. The van der Waals surface area contributed by atoms with E-state index in [-0.39, 0.29) is 37.8 Å². The second-order valence-electron chi connectivity index (χ2n) is 9.53. The first-order chi connectivity index (χ1) is 16.9. The Labute approximate surface area is 205 Å². The van der Waals surface area contributed by atoms with Crippen LogP contribution in [0.3, 0.4) is 0 Å². The van der Waals surface area contributed by atoms with Gasteiger partial charge in [-0.1, -0.05) is 61.4 Å². The topological polar surface area (TPSA) is 145 Å². The van der Waals surface area contributed by atoms with Crippen LogP contribution in [0.4, 0.5) is 4.79 Å². The van der Waals surface area contributed by atoms with Crippen molar-refractivity contribution >= 4 is 17.8 Å². The first kappa shape index (κ1) is 24.9. The Kier molecular flexibility index (Phi) is 7.52. The summed E-state index contributed by atoms with van der Waals surface area (Å²) in [4.78, 5) is 38.3. The number of carboxylic acids is 1. The fourth-order valence-corrected chi connectivity index (χ4v) is 5.45. The Hall–Kier alpha value is -3.23. The van der Waals surface area contributed by atoms with Gasteiger partial charge in [0.1, 0.15) is 6.61 Å². The fourth-order valence-electron chi connectivity index (χ4n) is 5.45. The molecule has 4 rings (SSSR count). The SMILES string of the molecule is NCCC[C@@](N)(C(=O)O)C(=O)[C@@H](NC(=O)OCC1c2ccccc2-c2ccccc21)C1CCCC1. The molecular formula is C27H33N3O5. The molecule has 0 bridgehead atoms. The van der Waals surface area contributed by atoms with Gasteiger partial charge in [0.25, 0.3) is 0 Å². The number of amides is 1. The molecule has 2 aliphatic rings. The standard InChI is InChI=1S/C27H33N3O5/c28-15-7-14-27(29,25(32)33)24(31)23(17-8-1-2-9-17)30-26(34)35-16-22-20-12-5-3-10-18(20)19-11-4-6-13-21(19)22/h3-6,10-13,17,22-23H,1-2,7-9,14-16,28-29H2,(H,30,34)(H,32,33)/t23-,27-/m0/s1. The Balaban J connectivity index is 1.49. The number of carbonyl (C=O) groups excluding carboxylic acids is 2. The predicted molar refractivity (Wildman–Crippen MR) is 132 cm³/mol. The van der Waals surface area contributed by atoms with E-state index in [1.165, 1.54) is 0 Å². The van der Waals surface area contributed by atoms with Gasteiger partial charge in [-0.15, -0.1) is 0 Å². The van der Waals surface area contributed by atoms with Gasteiger partial charge in [-0.2, -0.15) is 0 Å². The van der Waals surface area contributed by atoms with Gasteiger partial charge < -0.3 is 26.6 Å². The molecule has 35 heavy (non-hydrogen) atoms. The van der Waals surface area contributed by atoms with Gasteiger partial charge >= 0.3 is 12.1 Å². The Morgan fingerprint density at radius 3 is 2.14 bits per heavy atom. The molecule has 0 radical (unpaired) electrons. The summed E-state index contributed by atoms with van der Waals surface area (Å²) < 4.78 is 5.62. The van der Waals surface area contributed by atoms with E-state index in [1.807, 2.05) is 36.4 Å². The van der Waals surface area contributed by atoms with E-state index < -0.39 is 29.4 Å². The van der Waals surface area contributed by atoms with Gasteiger partial charge in [-0.3, -0.25) is 4.79 Å². The monoisotopic (exact) mass is 479 g/mol. The van der Waals surface area contributed by atoms with Crippen molar-refractivity contribution in [2.75, 3.05) is 13.2 Å². The van der Waals surface area contributed by atoms with E-state index in [1.54, 1.807) is 0 Å². The van der Waals surface area contributed by atoms with Crippen molar-refractivity contribution in [2.24, 2.45) is 17.4 Å². The molecule has 8 heteroatoms. The molecule has 0 aliphatic heterocycles. The zero-order chi connectivity index (χ0) is 25.0. The lowest BCUT2D eigenvalue weighted by Crippen LogP contribution is -2.63. The predicted octanol–water partition coefficient (Wildman–Crippen LogP) is 3.17. The molecule has 2 atom stereocenters. The molecule has 0 aromatic heterocycles. The van der Waals surface area contributed by atoms with E-state index in [9.17, 15) is 19.5 Å². The van der Waals surface area contributed by atoms with Crippen molar-refractivity contribution in [3.05, 3.63) is 59.7 Å². The first-order valence-electron chi connectivity index (χ1n) is 12.2. The molecule has 0 spiro atoms. The van der Waals surface area contributed by atoms with Crippen molar-refractivity contribution in [3.63, 3.8) is 0 Å². The third-order valence-corrected chi connectivity index (χ3v) is 7.37. The number of aliphatic carboxylic acids is 1. The highest BCUT2D eigenvalue weighted by molar-refractivity contribution is 6.10. The van der Waals surface area contributed by atoms with Crippen LogP contribution in [0.15, 0.2) is 48.5 Å². The second kappa shape index (κ2) is 10.6. The minimum atomic E-state index is -2.11. The van der Waals surface area contributed by atoms with Crippen molar-refractivity contribution in [1.82, 2.24) is 5.32 Å². The summed E-state index contributed by atoms with van der Waals surface area (Å²) in [6, 6.07) is 15.0. The summed E-state index contributed by atoms with van der Waals surface area (Å²) in [6.45, 7) is 0.318. The molecule has 6 N–H and O–H groups in total. The molecule has 0 saturated heterocycles. The summed E-state index contributed by atoms with van der Waals surface area (Å²) in [7, 11) is 0. The van der Waals surface area contributed by atoms with E-state index in [2.05, 4.69) is 17.4 Å². The number of rotatable bonds is 10. The summed E-state index contributed by atoms with van der Waals surface area (Å²) in [5.74, 6) is -2.40. The zero-order valence-corrected chi connectivity index (χ0v) is 19.7. The smallest absolute Gasteiger partial charge is 0.407 e. The quantitative estimate of drug-likeness (QED) is 0.383. The lowest BCUT2D eigenvalue weighted by molar-refractivity contribution is -0.149. The summed E-state index contributed by atoms with van der Waals surface area (Å²) >= 11 is 0. The van der Waals surface area contributed by atoms with Crippen LogP contribution in [0.2, 0.25) is 0 Å². The van der Waals surface area contributed by atoms with E-state index in [0.29, 0.717) is 12.8 Å². The van der Waals surface area contributed by atoms with E-state index >= 15 is 0 Å². The van der Waals surface area contributed by atoms with Gasteiger partial charge in [0.2, 0.25) is 0 Å². The number of carbonyl (C=O) groups is 3. The largest absolute Gasteiger partial charge is 0.480 e. The van der Waals surface area contributed by atoms with Crippen molar-refractivity contribution in [3.8, 4) is 11.1 Å². The lowest BCUT2D eigenvalue weighted by atomic mass is 9.81. The van der Waals surface area contributed by atoms with Crippen LogP contribution < -0.4 is 16.8 Å². The molecule has 2 aromatic carbocycles. The number of ketones is 1. The first-order valence-corrected chi connectivity index (χ1v) is 12.2. The van der Waals surface area contributed by atoms with Gasteiger partial charge in [-0.05, 0) is 60.4 Å². The van der Waals surface area contributed by atoms with Crippen LogP contribution in [0, 0.1) is 5.92 Å². The number of ether oxygens (including phenoxy) is 1. The van der Waals surface area contributed by atoms with Crippen molar-refractivity contribution in [2.45, 2.75) is 56.0 Å².